The van der Waals surface area contributed by atoms with Gasteiger partial charge in [0, 0.05) is 19.5 Å². The van der Waals surface area contributed by atoms with Crippen LogP contribution >= 0.6 is 31.3 Å². The summed E-state index contributed by atoms with van der Waals surface area (Å²) in [7, 11) is -22.8. The summed E-state index contributed by atoms with van der Waals surface area (Å²) in [5.74, 6) is -1.45. The Hall–Kier alpha value is -6.45. The van der Waals surface area contributed by atoms with E-state index in [-0.39, 0.29) is 51.8 Å². The van der Waals surface area contributed by atoms with E-state index in [2.05, 4.69) is 58.3 Å². The van der Waals surface area contributed by atoms with Crippen LogP contribution in [0.15, 0.2) is 72.6 Å². The molecule has 3 aliphatic rings. The number of hydrogen-bond donors (Lipinski definition) is 8. The number of benzene rings is 2. The fourth-order valence-corrected chi connectivity index (χ4v) is 14.1. The van der Waals surface area contributed by atoms with Crippen molar-refractivity contribution in [2.24, 2.45) is 7.05 Å². The Morgan fingerprint density at radius 2 is 1.42 bits per heavy atom. The van der Waals surface area contributed by atoms with Gasteiger partial charge >= 0.3 is 5.65 Å². The quantitative estimate of drug-likeness (QED) is 0.0249. The van der Waals surface area contributed by atoms with Crippen LogP contribution in [-0.4, -0.2) is 149 Å². The molecule has 2 aromatic carbocycles. The van der Waals surface area contributed by atoms with Gasteiger partial charge in [-0.05, 0) is 22.4 Å². The number of nitrogens with one attached hydrogen (secondary N) is 2. The number of ether oxygens (including phenoxy) is 4. The number of rotatable bonds is 21. The first kappa shape index (κ1) is 60.2. The Morgan fingerprint density at radius 1 is 0.741 bits per heavy atom. The first-order valence-electron chi connectivity index (χ1n) is 24.6. The van der Waals surface area contributed by atoms with E-state index in [1.54, 1.807) is 0 Å². The number of aliphatic hydroxyl groups excluding tert-OH is 4. The van der Waals surface area contributed by atoms with Crippen LogP contribution in [0, 0.1) is 0 Å². The Labute approximate surface area is 473 Å². The van der Waals surface area contributed by atoms with Crippen LogP contribution in [0.3, 0.4) is 0 Å². The monoisotopic (exact) mass is 1270 g/mol. The van der Waals surface area contributed by atoms with Gasteiger partial charge < -0.3 is 94.4 Å². The van der Waals surface area contributed by atoms with E-state index in [1.165, 1.54) is 28.8 Å². The number of aryl methyl sites for hydroxylation is 1. The lowest BCUT2D eigenvalue weighted by atomic mass is 10.1. The van der Waals surface area contributed by atoms with E-state index in [1.807, 2.05) is 42.5 Å². The maximum atomic E-state index is 13.9. The summed E-state index contributed by atoms with van der Waals surface area (Å²) in [6.45, 7) is -2.48. The number of H-pyrrole nitrogens is 1. The molecule has 8 unspecified atom stereocenters. The first-order valence-corrected chi connectivity index (χ1v) is 30.4. The van der Waals surface area contributed by atoms with Gasteiger partial charge in [-0.1, -0.05) is 41.4 Å². The van der Waals surface area contributed by atoms with Crippen LogP contribution in [0.5, 0.6) is 5.88 Å². The van der Waals surface area contributed by atoms with Crippen LogP contribution in [0.1, 0.15) is 24.2 Å². The van der Waals surface area contributed by atoms with Gasteiger partial charge in [0.15, 0.2) is 58.7 Å². The summed E-state index contributed by atoms with van der Waals surface area (Å²) in [4.78, 5) is 95.9. The zero-order valence-electron chi connectivity index (χ0n) is 43.2. The minimum atomic E-state index is -6.64. The second-order valence-corrected chi connectivity index (χ2v) is 24.8. The maximum Gasteiger partial charge on any atom is 0.309 e. The van der Waals surface area contributed by atoms with E-state index in [9.17, 15) is 68.2 Å². The van der Waals surface area contributed by atoms with Gasteiger partial charge in [-0.2, -0.15) is 4.98 Å². The highest BCUT2D eigenvalue weighted by atomic mass is 31.3. The number of phosphoric acid groups is 4. The SMILES string of the molecule is COC1[C@@H](OP(=O)([O-])O[C@H]2O[C@@H](n3cnc4c(=O)[nH]c(N)nc43)C(O)[C@H]2O)[C@@H](COP(=O)([O-])OP(=O)([O-])OP(=O)([O-])OC[C@H]2O[C@@H]([n+]3cn(C)c4c([O-])nc(N)nc43)C(O)C2O)O[C@H]1n1cnc2c(NCc3ccc4ccccc4c3)ncnc21. The number of nitrogen functional groups attached to an aromatic ring is 2. The molecule has 3 aliphatic heterocycles. The van der Waals surface area contributed by atoms with Crippen molar-refractivity contribution in [2.75, 3.05) is 37.1 Å². The van der Waals surface area contributed by atoms with Crippen molar-refractivity contribution >= 4 is 93.3 Å². The average Bonchev–Trinajstić information content (AvgIpc) is 1.91. The van der Waals surface area contributed by atoms with E-state index < -0.39 is 136 Å². The zero-order chi connectivity index (χ0) is 60.7. The van der Waals surface area contributed by atoms with E-state index in [0.29, 0.717) is 0 Å². The van der Waals surface area contributed by atoms with Crippen molar-refractivity contribution in [3.63, 3.8) is 0 Å². The minimum absolute atomic E-state index is 0.0116. The standard InChI is InChI=1S/C42H49N15O24P4/c1-54-16-57(34-24(54)36(63)53-42(44)51-34)38-26(59)25(58)20(75-38)11-73-82(64,65)80-85(70,71)81-83(66,67)74-12-21-29(78-84(68,69)79-40-28(61)27(60)37(77-40)56-15-49-23-33(56)50-41(43)52-35(23)62)30(72-2)39(76-21)55-14-48-22-31(46-13-47-32(22)55)45-10-17-7-8-18-5-3-4-6-19(18)9-17/h3-9,13-16,20-21,25-30,37-40,58-61H,10-12H2,1-2H3,(H10-,43,44,45,46,47,50,51,52,53,62,63,64,65,66,67,68,69,70,71)/p-4/t20-,21-,25?,26?,27?,28-,29+,30?,37-,38-,39-,40-/m1/s1. The van der Waals surface area contributed by atoms with Crippen LogP contribution in [0.25, 0.3) is 44.3 Å². The first-order chi connectivity index (χ1) is 40.2. The molecule has 3 saturated heterocycles. The lowest BCUT2D eigenvalue weighted by Crippen LogP contribution is -2.46. The van der Waals surface area contributed by atoms with Gasteiger partial charge in [-0.15, -0.1) is 0 Å². The Kier molecular flexibility index (Phi) is 16.3. The molecule has 0 bridgehead atoms. The second kappa shape index (κ2) is 23.0. The number of hydrogen-bond acceptors (Lipinski definition) is 34. The van der Waals surface area contributed by atoms with Gasteiger partial charge in [-0.25, -0.2) is 38.1 Å². The third-order valence-electron chi connectivity index (χ3n) is 13.4. The Morgan fingerprint density at radius 3 is 2.14 bits per heavy atom. The normalized spacial score (nSPS) is 28.3. The van der Waals surface area contributed by atoms with E-state index in [0.717, 1.165) is 45.2 Å². The summed E-state index contributed by atoms with van der Waals surface area (Å²) in [5, 5.41) is 61.1. The highest BCUT2D eigenvalue weighted by Crippen LogP contribution is 2.63. The molecule has 43 heteroatoms. The van der Waals surface area contributed by atoms with Crippen molar-refractivity contribution in [3.05, 3.63) is 83.7 Å². The topological polar surface area (TPSA) is 563 Å². The average molecular weight is 1270 g/mol. The molecule has 6 aromatic heterocycles. The number of aliphatic hydroxyl groups is 4. The molecule has 39 nitrogen and oxygen atoms in total. The molecule has 0 amide bonds. The number of anilines is 3. The zero-order valence-corrected chi connectivity index (χ0v) is 46.8. The van der Waals surface area contributed by atoms with E-state index in [4.69, 9.17) is 44.0 Å². The van der Waals surface area contributed by atoms with Gasteiger partial charge in [0.1, 0.15) is 55.2 Å². The maximum absolute atomic E-state index is 13.9. The molecule has 0 spiro atoms. The summed E-state index contributed by atoms with van der Waals surface area (Å²) in [5.41, 5.74) is 10.7. The Balaban J connectivity index is 0.796. The molecule has 456 valence electrons. The van der Waals surface area contributed by atoms with Gasteiger partial charge in [-0.3, -0.25) is 46.3 Å². The lowest BCUT2D eigenvalue weighted by molar-refractivity contribution is -0.745. The summed E-state index contributed by atoms with van der Waals surface area (Å²) in [6.07, 6.45) is -18.3. The van der Waals surface area contributed by atoms with Crippen molar-refractivity contribution in [1.82, 2.24) is 53.6 Å². The molecule has 85 heavy (non-hydrogen) atoms. The molecule has 3 fully saturated rings. The number of fused-ring (bicyclic) bond motifs is 4. The number of aromatic nitrogens is 12. The number of nitrogens with two attached hydrogens (primary N) is 2. The molecule has 0 radical (unpaired) electrons. The van der Waals surface area contributed by atoms with Crippen LogP contribution in [0.2, 0.25) is 0 Å². The molecule has 11 rings (SSSR count). The van der Waals surface area contributed by atoms with Crippen LogP contribution < -0.4 is 51.6 Å². The molecule has 10 N–H and O–H groups in total. The number of imidazole rings is 3. The predicted molar refractivity (Wildman–Crippen MR) is 269 cm³/mol. The van der Waals surface area contributed by atoms with Crippen molar-refractivity contribution in [3.8, 4) is 5.88 Å². The van der Waals surface area contributed by atoms with Crippen molar-refractivity contribution in [2.45, 2.75) is 80.4 Å². The molecule has 0 aliphatic carbocycles. The highest BCUT2D eigenvalue weighted by molar-refractivity contribution is 7.65. The number of methoxy groups -OCH3 is 1. The summed E-state index contributed by atoms with van der Waals surface area (Å²) in [6, 6.07) is 13.5. The highest BCUT2D eigenvalue weighted by Gasteiger charge is 2.52. The number of phosphoric ester groups is 3. The summed E-state index contributed by atoms with van der Waals surface area (Å²) < 4.78 is 108. The molecule has 9 heterocycles. The smallest absolute Gasteiger partial charge is 0.309 e. The molecule has 16 atom stereocenters. The van der Waals surface area contributed by atoms with E-state index >= 15 is 0 Å². The van der Waals surface area contributed by atoms with Crippen molar-refractivity contribution < 1.29 is 114 Å². The Bertz CT molecular complexity index is 4120. The lowest BCUT2D eigenvalue weighted by Gasteiger charge is -2.35. The van der Waals surface area contributed by atoms with Crippen LogP contribution in [-0.2, 0) is 77.5 Å². The predicted octanol–water partition coefficient (Wildman–Crippen LogP) is -4.32. The number of nitrogens with zero attached hydrogens (tertiary/aromatic N) is 11. The molecule has 8 aromatic rings. The minimum Gasteiger partial charge on any atom is -0.856 e. The molecular formula is C42H45N15O24P4-4. The molecule has 0 saturated carbocycles. The van der Waals surface area contributed by atoms with Gasteiger partial charge in [0.2, 0.25) is 12.2 Å². The third-order valence-corrected chi connectivity index (χ3v) is 18.5. The fraction of sp³-hybridized carbons (Fsp3) is 0.405. The van der Waals surface area contributed by atoms with Gasteiger partial charge in [0.05, 0.1) is 32.9 Å². The van der Waals surface area contributed by atoms with Crippen LogP contribution in [0.4, 0.5) is 17.7 Å². The summed E-state index contributed by atoms with van der Waals surface area (Å²) >= 11 is 0. The third kappa shape index (κ3) is 12.2. The molecular weight excluding hydrogens is 1220 g/mol. The number of aromatic amines is 1. The largest absolute Gasteiger partial charge is 0.856 e. The fourth-order valence-electron chi connectivity index (χ4n) is 9.67. The second-order valence-electron chi connectivity index (χ2n) is 19.0. The van der Waals surface area contributed by atoms with Gasteiger partial charge in [0.25, 0.3) is 42.8 Å². The van der Waals surface area contributed by atoms with Crippen molar-refractivity contribution in [1.29, 1.82) is 0 Å².